The average Bonchev–Trinajstić information content (AvgIpc) is 3.00. The first-order valence-electron chi connectivity index (χ1n) is 7.68. The summed E-state index contributed by atoms with van der Waals surface area (Å²) in [6.07, 6.45) is 4.28. The quantitative estimate of drug-likeness (QED) is 0.870. The Morgan fingerprint density at radius 1 is 1.14 bits per heavy atom. The summed E-state index contributed by atoms with van der Waals surface area (Å²) in [5.74, 6) is 2.07. The molecule has 0 radical (unpaired) electrons. The van der Waals surface area contributed by atoms with E-state index in [9.17, 15) is 0 Å². The van der Waals surface area contributed by atoms with Crippen LogP contribution in [0.3, 0.4) is 0 Å². The number of methoxy groups -OCH3 is 2. The lowest BCUT2D eigenvalue weighted by Crippen LogP contribution is -2.35. The fourth-order valence-electron chi connectivity index (χ4n) is 3.26. The van der Waals surface area contributed by atoms with Crippen LogP contribution in [0.5, 0.6) is 11.5 Å². The summed E-state index contributed by atoms with van der Waals surface area (Å²) < 4.78 is 12.7. The molecular weight excluding hydrogens is 278 g/mol. The molecule has 5 heteroatoms. The van der Waals surface area contributed by atoms with E-state index in [0.29, 0.717) is 5.92 Å². The van der Waals surface area contributed by atoms with E-state index >= 15 is 0 Å². The number of hydrogen-bond donors (Lipinski definition) is 0. The van der Waals surface area contributed by atoms with Gasteiger partial charge in [0, 0.05) is 49.7 Å². The second-order valence-corrected chi connectivity index (χ2v) is 5.70. The van der Waals surface area contributed by atoms with Gasteiger partial charge in [0.25, 0.3) is 0 Å². The fourth-order valence-corrected chi connectivity index (χ4v) is 3.26. The highest BCUT2D eigenvalue weighted by atomic mass is 16.5. The van der Waals surface area contributed by atoms with Gasteiger partial charge in [-0.05, 0) is 31.0 Å². The van der Waals surface area contributed by atoms with Crippen molar-refractivity contribution in [1.29, 1.82) is 0 Å². The lowest BCUT2D eigenvalue weighted by molar-refractivity contribution is 0.355. The Bertz CT molecular complexity index is 639. The van der Waals surface area contributed by atoms with Crippen LogP contribution in [0.4, 0.5) is 5.69 Å². The molecule has 1 unspecified atom stereocenters. The van der Waals surface area contributed by atoms with Crippen molar-refractivity contribution in [3.05, 3.63) is 36.2 Å². The first kappa shape index (κ1) is 14.8. The Kier molecular flexibility index (Phi) is 4.22. The molecule has 0 bridgehead atoms. The molecular formula is C17H23N3O2. The van der Waals surface area contributed by atoms with Crippen LogP contribution >= 0.6 is 0 Å². The Morgan fingerprint density at radius 2 is 1.95 bits per heavy atom. The number of hydrogen-bond acceptors (Lipinski definition) is 4. The van der Waals surface area contributed by atoms with Crippen LogP contribution in [-0.4, -0.2) is 37.1 Å². The Labute approximate surface area is 131 Å². The molecule has 0 amide bonds. The summed E-state index contributed by atoms with van der Waals surface area (Å²) in [5, 5.41) is 4.30. The average molecular weight is 301 g/mol. The molecule has 1 aliphatic rings. The summed E-state index contributed by atoms with van der Waals surface area (Å²) in [4.78, 5) is 2.42. The molecule has 2 aromatic rings. The van der Waals surface area contributed by atoms with Gasteiger partial charge in [-0.2, -0.15) is 5.10 Å². The third-order valence-electron chi connectivity index (χ3n) is 4.43. The van der Waals surface area contributed by atoms with Gasteiger partial charge in [0.1, 0.15) is 0 Å². The van der Waals surface area contributed by atoms with Gasteiger partial charge in [-0.15, -0.1) is 0 Å². The van der Waals surface area contributed by atoms with E-state index < -0.39 is 0 Å². The molecule has 3 rings (SSSR count). The second-order valence-electron chi connectivity index (χ2n) is 5.70. The number of rotatable bonds is 4. The highest BCUT2D eigenvalue weighted by Gasteiger charge is 2.24. The van der Waals surface area contributed by atoms with Crippen molar-refractivity contribution in [2.75, 3.05) is 32.2 Å². The molecule has 1 aromatic carbocycles. The Hall–Kier alpha value is -2.17. The summed E-state index contributed by atoms with van der Waals surface area (Å²) in [6, 6.07) is 8.27. The van der Waals surface area contributed by atoms with Crippen molar-refractivity contribution in [3.8, 4) is 11.5 Å². The molecule has 0 spiro atoms. The monoisotopic (exact) mass is 301 g/mol. The standard InChI is InChI=1S/C17H23N3O2/c1-19-15(8-9-18-19)13-5-4-10-20(12-13)14-6-7-16(21-2)17(11-14)22-3/h6-9,11,13H,4-5,10,12H2,1-3H3. The van der Waals surface area contributed by atoms with E-state index in [1.165, 1.54) is 24.2 Å². The molecule has 1 aromatic heterocycles. The molecule has 118 valence electrons. The summed E-state index contributed by atoms with van der Waals surface area (Å²) >= 11 is 0. The van der Waals surface area contributed by atoms with E-state index in [1.807, 2.05) is 24.0 Å². The molecule has 5 nitrogen and oxygen atoms in total. The molecule has 0 aliphatic carbocycles. The van der Waals surface area contributed by atoms with E-state index in [-0.39, 0.29) is 0 Å². The molecule has 1 atom stereocenters. The van der Waals surface area contributed by atoms with Crippen molar-refractivity contribution >= 4 is 5.69 Å². The fraction of sp³-hybridized carbons (Fsp3) is 0.471. The third kappa shape index (κ3) is 2.75. The minimum Gasteiger partial charge on any atom is -0.493 e. The minimum absolute atomic E-state index is 0.523. The second kappa shape index (κ2) is 6.30. The molecule has 0 saturated carbocycles. The van der Waals surface area contributed by atoms with Crippen molar-refractivity contribution in [1.82, 2.24) is 9.78 Å². The maximum absolute atomic E-state index is 5.42. The van der Waals surface area contributed by atoms with Gasteiger partial charge < -0.3 is 14.4 Å². The maximum atomic E-state index is 5.42. The Morgan fingerprint density at radius 3 is 2.64 bits per heavy atom. The molecule has 1 aliphatic heterocycles. The molecule has 1 saturated heterocycles. The zero-order chi connectivity index (χ0) is 15.5. The molecule has 0 N–H and O–H groups in total. The van der Waals surface area contributed by atoms with Crippen molar-refractivity contribution in [2.24, 2.45) is 7.05 Å². The molecule has 2 heterocycles. The van der Waals surface area contributed by atoms with E-state index in [4.69, 9.17) is 9.47 Å². The summed E-state index contributed by atoms with van der Waals surface area (Å²) in [6.45, 7) is 2.08. The topological polar surface area (TPSA) is 39.5 Å². The highest BCUT2D eigenvalue weighted by Crippen LogP contribution is 2.35. The number of anilines is 1. The third-order valence-corrected chi connectivity index (χ3v) is 4.43. The van der Waals surface area contributed by atoms with Crippen molar-refractivity contribution < 1.29 is 9.47 Å². The van der Waals surface area contributed by atoms with Crippen LogP contribution < -0.4 is 14.4 Å². The largest absolute Gasteiger partial charge is 0.493 e. The van der Waals surface area contributed by atoms with Crippen LogP contribution in [-0.2, 0) is 7.05 Å². The van der Waals surface area contributed by atoms with Gasteiger partial charge in [0.15, 0.2) is 11.5 Å². The first-order chi connectivity index (χ1) is 10.7. The minimum atomic E-state index is 0.523. The summed E-state index contributed by atoms with van der Waals surface area (Å²) in [7, 11) is 5.36. The lowest BCUT2D eigenvalue weighted by atomic mass is 9.94. The number of aryl methyl sites for hydroxylation is 1. The van der Waals surface area contributed by atoms with Crippen LogP contribution in [0.1, 0.15) is 24.5 Å². The zero-order valence-corrected chi connectivity index (χ0v) is 13.5. The number of ether oxygens (including phenoxy) is 2. The van der Waals surface area contributed by atoms with Crippen LogP contribution in [0.2, 0.25) is 0 Å². The normalized spacial score (nSPS) is 18.3. The smallest absolute Gasteiger partial charge is 0.162 e. The highest BCUT2D eigenvalue weighted by molar-refractivity contribution is 5.56. The Balaban J connectivity index is 1.81. The van der Waals surface area contributed by atoms with Gasteiger partial charge >= 0.3 is 0 Å². The lowest BCUT2D eigenvalue weighted by Gasteiger charge is -2.34. The SMILES string of the molecule is COc1ccc(N2CCCC(c3ccnn3C)C2)cc1OC. The van der Waals surface area contributed by atoms with E-state index in [0.717, 1.165) is 24.6 Å². The maximum Gasteiger partial charge on any atom is 0.162 e. The number of piperidine rings is 1. The van der Waals surface area contributed by atoms with E-state index in [2.05, 4.69) is 28.2 Å². The number of benzene rings is 1. The van der Waals surface area contributed by atoms with Gasteiger partial charge in [0.2, 0.25) is 0 Å². The van der Waals surface area contributed by atoms with Crippen molar-refractivity contribution in [2.45, 2.75) is 18.8 Å². The zero-order valence-electron chi connectivity index (χ0n) is 13.5. The van der Waals surface area contributed by atoms with Crippen LogP contribution in [0, 0.1) is 0 Å². The van der Waals surface area contributed by atoms with Gasteiger partial charge in [0.05, 0.1) is 14.2 Å². The van der Waals surface area contributed by atoms with Gasteiger partial charge in [-0.1, -0.05) is 0 Å². The first-order valence-corrected chi connectivity index (χ1v) is 7.68. The van der Waals surface area contributed by atoms with Crippen molar-refractivity contribution in [3.63, 3.8) is 0 Å². The number of aromatic nitrogens is 2. The van der Waals surface area contributed by atoms with Gasteiger partial charge in [-0.25, -0.2) is 0 Å². The van der Waals surface area contributed by atoms with Crippen LogP contribution in [0.25, 0.3) is 0 Å². The molecule has 1 fully saturated rings. The van der Waals surface area contributed by atoms with E-state index in [1.54, 1.807) is 14.2 Å². The number of nitrogens with zero attached hydrogens (tertiary/aromatic N) is 3. The van der Waals surface area contributed by atoms with Crippen LogP contribution in [0.15, 0.2) is 30.5 Å². The van der Waals surface area contributed by atoms with Gasteiger partial charge in [-0.3, -0.25) is 4.68 Å². The predicted molar refractivity (Wildman–Crippen MR) is 86.9 cm³/mol. The predicted octanol–water partition coefficient (Wildman–Crippen LogP) is 2.82. The molecule has 22 heavy (non-hydrogen) atoms. The summed E-state index contributed by atoms with van der Waals surface area (Å²) in [5.41, 5.74) is 2.50.